The molecule has 134 valence electrons. The van der Waals surface area contributed by atoms with Gasteiger partial charge in [-0.05, 0) is 30.6 Å². The minimum Gasteiger partial charge on any atom is -0.505 e. The van der Waals surface area contributed by atoms with Crippen LogP contribution < -0.4 is 10.6 Å². The summed E-state index contributed by atoms with van der Waals surface area (Å²) < 4.78 is 25.7. The van der Waals surface area contributed by atoms with Crippen molar-refractivity contribution in [1.82, 2.24) is 10.6 Å². The van der Waals surface area contributed by atoms with Crippen LogP contribution in [0.25, 0.3) is 0 Å². The molecule has 1 aliphatic carbocycles. The highest BCUT2D eigenvalue weighted by molar-refractivity contribution is 6.12. The molecule has 0 radical (unpaired) electrons. The van der Waals surface area contributed by atoms with E-state index < -0.39 is 6.43 Å². The first-order valence-electron chi connectivity index (χ1n) is 8.22. The first kappa shape index (κ1) is 18.7. The third kappa shape index (κ3) is 4.92. The van der Waals surface area contributed by atoms with Gasteiger partial charge in [-0.3, -0.25) is 4.99 Å². The number of halogens is 2. The van der Waals surface area contributed by atoms with Gasteiger partial charge in [0.05, 0.1) is 17.0 Å². The van der Waals surface area contributed by atoms with E-state index in [1.807, 2.05) is 31.2 Å². The Bertz CT molecular complexity index is 710. The SMILES string of the molecule is C\C=C/N=C1\C=C(CNC2=CNCC(C(F)F)=C2O)C=C\C1=C/CC. The second-order valence-corrected chi connectivity index (χ2v) is 5.58. The summed E-state index contributed by atoms with van der Waals surface area (Å²) in [6, 6.07) is 0. The number of aliphatic hydroxyl groups is 1. The van der Waals surface area contributed by atoms with Crippen LogP contribution in [0.5, 0.6) is 0 Å². The lowest BCUT2D eigenvalue weighted by atomic mass is 9.99. The summed E-state index contributed by atoms with van der Waals surface area (Å²) in [7, 11) is 0. The molecule has 0 aromatic heterocycles. The third-order valence-electron chi connectivity index (χ3n) is 3.73. The van der Waals surface area contributed by atoms with Gasteiger partial charge in [0, 0.05) is 25.5 Å². The maximum absolute atomic E-state index is 12.9. The summed E-state index contributed by atoms with van der Waals surface area (Å²) in [4.78, 5) is 4.42. The van der Waals surface area contributed by atoms with E-state index in [0.29, 0.717) is 6.54 Å². The monoisotopic (exact) mass is 347 g/mol. The van der Waals surface area contributed by atoms with Gasteiger partial charge in [-0.15, -0.1) is 0 Å². The lowest BCUT2D eigenvalue weighted by Crippen LogP contribution is -2.29. The Labute approximate surface area is 146 Å². The van der Waals surface area contributed by atoms with Crippen molar-refractivity contribution < 1.29 is 13.9 Å². The Hall–Kier alpha value is -2.63. The van der Waals surface area contributed by atoms with Crippen LogP contribution in [0.1, 0.15) is 20.3 Å². The van der Waals surface area contributed by atoms with Crippen LogP contribution >= 0.6 is 0 Å². The first-order chi connectivity index (χ1) is 12.1. The molecule has 0 saturated carbocycles. The van der Waals surface area contributed by atoms with Crippen LogP contribution in [0.3, 0.4) is 0 Å². The van der Waals surface area contributed by atoms with E-state index in [4.69, 9.17) is 0 Å². The fourth-order valence-electron chi connectivity index (χ4n) is 2.46. The smallest absolute Gasteiger partial charge is 0.265 e. The fraction of sp³-hybridized carbons (Fsp3) is 0.316. The van der Waals surface area contributed by atoms with Crippen LogP contribution in [0, 0.1) is 0 Å². The van der Waals surface area contributed by atoms with E-state index in [1.165, 1.54) is 6.20 Å². The second kappa shape index (κ2) is 9.01. The molecule has 0 bridgehead atoms. The quantitative estimate of drug-likeness (QED) is 0.683. The lowest BCUT2D eigenvalue weighted by Gasteiger charge is -2.20. The molecule has 0 saturated heterocycles. The molecule has 0 aromatic carbocycles. The standard InChI is InChI=1S/C19H23F2N3O/c1-3-5-14-7-6-13(9-16(14)23-8-4-2)10-24-17-12-22-11-15(18(17)25)19(20)21/h4-9,12,19,22,24-25H,3,10-11H2,1-2H3/b8-4-,14-5+,23-16+. The normalized spacial score (nSPS) is 21.2. The molecular formula is C19H23F2N3O. The Morgan fingerprint density at radius 2 is 2.20 bits per heavy atom. The number of rotatable bonds is 6. The Morgan fingerprint density at radius 3 is 2.88 bits per heavy atom. The van der Waals surface area contributed by atoms with Crippen LogP contribution in [-0.4, -0.2) is 30.3 Å². The van der Waals surface area contributed by atoms with Gasteiger partial charge in [0.25, 0.3) is 6.43 Å². The Balaban J connectivity index is 2.12. The van der Waals surface area contributed by atoms with Gasteiger partial charge in [-0.2, -0.15) is 0 Å². The highest BCUT2D eigenvalue weighted by atomic mass is 19.3. The van der Waals surface area contributed by atoms with E-state index >= 15 is 0 Å². The second-order valence-electron chi connectivity index (χ2n) is 5.58. The van der Waals surface area contributed by atoms with E-state index in [9.17, 15) is 13.9 Å². The van der Waals surface area contributed by atoms with Crippen molar-refractivity contribution in [2.45, 2.75) is 26.7 Å². The van der Waals surface area contributed by atoms with Crippen molar-refractivity contribution in [1.29, 1.82) is 0 Å². The molecule has 6 heteroatoms. The molecule has 2 rings (SSSR count). The van der Waals surface area contributed by atoms with Gasteiger partial charge in [-0.1, -0.05) is 31.2 Å². The molecule has 0 aromatic rings. The highest BCUT2D eigenvalue weighted by Crippen LogP contribution is 2.20. The first-order valence-corrected chi connectivity index (χ1v) is 8.22. The van der Waals surface area contributed by atoms with Gasteiger partial charge in [-0.25, -0.2) is 8.78 Å². The molecule has 2 aliphatic rings. The molecular weight excluding hydrogens is 324 g/mol. The number of allylic oxidation sites excluding steroid dienone is 5. The van der Waals surface area contributed by atoms with Crippen LogP contribution in [0.2, 0.25) is 0 Å². The average Bonchev–Trinajstić information content (AvgIpc) is 2.60. The summed E-state index contributed by atoms with van der Waals surface area (Å²) in [5.74, 6) is -0.386. The molecule has 4 nitrogen and oxygen atoms in total. The zero-order chi connectivity index (χ0) is 18.2. The molecule has 0 unspecified atom stereocenters. The number of nitrogens with zero attached hydrogens (tertiary/aromatic N) is 1. The molecule has 0 spiro atoms. The van der Waals surface area contributed by atoms with Crippen molar-refractivity contribution in [3.63, 3.8) is 0 Å². The molecule has 25 heavy (non-hydrogen) atoms. The van der Waals surface area contributed by atoms with Crippen molar-refractivity contribution >= 4 is 5.71 Å². The zero-order valence-corrected chi connectivity index (χ0v) is 14.4. The minimum absolute atomic E-state index is 0.0530. The molecule has 1 heterocycles. The fourth-order valence-corrected chi connectivity index (χ4v) is 2.46. The van der Waals surface area contributed by atoms with Gasteiger partial charge >= 0.3 is 0 Å². The molecule has 0 atom stereocenters. The van der Waals surface area contributed by atoms with Gasteiger partial charge < -0.3 is 15.7 Å². The molecule has 0 amide bonds. The number of hydrogen-bond acceptors (Lipinski definition) is 4. The largest absolute Gasteiger partial charge is 0.505 e. The highest BCUT2D eigenvalue weighted by Gasteiger charge is 2.22. The number of hydrogen-bond donors (Lipinski definition) is 3. The van der Waals surface area contributed by atoms with Gasteiger partial charge in [0.15, 0.2) is 0 Å². The van der Waals surface area contributed by atoms with Gasteiger partial charge in [0.1, 0.15) is 5.76 Å². The van der Waals surface area contributed by atoms with Crippen molar-refractivity contribution in [3.8, 4) is 0 Å². The Morgan fingerprint density at radius 1 is 1.40 bits per heavy atom. The van der Waals surface area contributed by atoms with E-state index in [0.717, 1.165) is 23.3 Å². The maximum Gasteiger partial charge on any atom is 0.265 e. The van der Waals surface area contributed by atoms with Gasteiger partial charge in [0.2, 0.25) is 0 Å². The number of dihydropyridines is 1. The summed E-state index contributed by atoms with van der Waals surface area (Å²) >= 11 is 0. The van der Waals surface area contributed by atoms with Crippen molar-refractivity contribution in [3.05, 3.63) is 71.0 Å². The van der Waals surface area contributed by atoms with Crippen molar-refractivity contribution in [2.24, 2.45) is 4.99 Å². The number of alkyl halides is 2. The molecule has 1 aliphatic heterocycles. The zero-order valence-electron chi connectivity index (χ0n) is 14.4. The predicted molar refractivity (Wildman–Crippen MR) is 97.6 cm³/mol. The number of nitrogens with one attached hydrogen (secondary N) is 2. The third-order valence-corrected chi connectivity index (χ3v) is 3.73. The minimum atomic E-state index is -2.69. The average molecular weight is 347 g/mol. The van der Waals surface area contributed by atoms with Crippen LogP contribution in [0.15, 0.2) is 75.9 Å². The summed E-state index contributed by atoms with van der Waals surface area (Å²) in [6.45, 7) is 4.30. The number of aliphatic hydroxyl groups excluding tert-OH is 1. The van der Waals surface area contributed by atoms with E-state index in [2.05, 4.69) is 28.6 Å². The molecule has 0 fully saturated rings. The maximum atomic E-state index is 12.9. The topological polar surface area (TPSA) is 56.7 Å². The lowest BCUT2D eigenvalue weighted by molar-refractivity contribution is 0.177. The van der Waals surface area contributed by atoms with E-state index in [1.54, 1.807) is 6.20 Å². The van der Waals surface area contributed by atoms with Crippen molar-refractivity contribution in [2.75, 3.05) is 13.1 Å². The summed E-state index contributed by atoms with van der Waals surface area (Å²) in [5, 5.41) is 15.7. The number of aliphatic imine (C=N–C) groups is 1. The summed E-state index contributed by atoms with van der Waals surface area (Å²) in [6.07, 6.45) is 11.3. The molecule has 3 N–H and O–H groups in total. The van der Waals surface area contributed by atoms with E-state index in [-0.39, 0.29) is 23.6 Å². The van der Waals surface area contributed by atoms with Crippen LogP contribution in [0.4, 0.5) is 8.78 Å². The summed E-state index contributed by atoms with van der Waals surface area (Å²) in [5.41, 5.74) is 2.79. The predicted octanol–water partition coefficient (Wildman–Crippen LogP) is 3.91. The Kier molecular flexibility index (Phi) is 6.74. The van der Waals surface area contributed by atoms with Crippen LogP contribution in [-0.2, 0) is 0 Å².